The molecule has 1 heterocycles. The van der Waals surface area contributed by atoms with Crippen molar-refractivity contribution in [3.63, 3.8) is 0 Å². The van der Waals surface area contributed by atoms with Crippen LogP contribution in [0.15, 0.2) is 30.6 Å². The number of carbonyl (C=O) groups is 1. The van der Waals surface area contributed by atoms with Crippen LogP contribution in [0.4, 0.5) is 8.78 Å². The first-order chi connectivity index (χ1) is 10.0. The van der Waals surface area contributed by atoms with Crippen molar-refractivity contribution >= 4 is 5.78 Å². The van der Waals surface area contributed by atoms with Gasteiger partial charge in [-0.3, -0.25) is 9.78 Å². The Labute approximate surface area is 121 Å². The van der Waals surface area contributed by atoms with Gasteiger partial charge in [0.15, 0.2) is 5.78 Å². The third-order valence-electron chi connectivity index (χ3n) is 2.94. The standard InChI is InChI=1S/C16H15F2NO2/c1-3-4-21-12-6-11(8-19-9-12)16(20)13-5-10(2)14(17)7-15(13)18/h5-9H,3-4H2,1-2H3. The van der Waals surface area contributed by atoms with Gasteiger partial charge in [0.2, 0.25) is 0 Å². The number of benzene rings is 1. The highest BCUT2D eigenvalue weighted by Crippen LogP contribution is 2.20. The van der Waals surface area contributed by atoms with Gasteiger partial charge in [0.1, 0.15) is 17.4 Å². The number of aromatic nitrogens is 1. The lowest BCUT2D eigenvalue weighted by Crippen LogP contribution is -2.07. The van der Waals surface area contributed by atoms with Crippen LogP contribution >= 0.6 is 0 Å². The predicted octanol–water partition coefficient (Wildman–Crippen LogP) is 3.69. The molecular weight excluding hydrogens is 276 g/mol. The highest BCUT2D eigenvalue weighted by molar-refractivity contribution is 6.09. The van der Waals surface area contributed by atoms with Gasteiger partial charge in [-0.25, -0.2) is 8.78 Å². The van der Waals surface area contributed by atoms with Crippen LogP contribution in [0.3, 0.4) is 0 Å². The van der Waals surface area contributed by atoms with Crippen molar-refractivity contribution in [2.24, 2.45) is 0 Å². The molecule has 0 aliphatic rings. The van der Waals surface area contributed by atoms with Crippen LogP contribution in [0.1, 0.15) is 34.8 Å². The Hall–Kier alpha value is -2.30. The average Bonchev–Trinajstić information content (AvgIpc) is 2.48. The maximum Gasteiger partial charge on any atom is 0.197 e. The van der Waals surface area contributed by atoms with E-state index in [4.69, 9.17) is 4.74 Å². The Balaban J connectivity index is 2.34. The molecule has 0 aliphatic heterocycles. The summed E-state index contributed by atoms with van der Waals surface area (Å²) in [6.07, 6.45) is 3.64. The largest absolute Gasteiger partial charge is 0.492 e. The van der Waals surface area contributed by atoms with Crippen molar-refractivity contribution in [1.29, 1.82) is 0 Å². The topological polar surface area (TPSA) is 39.2 Å². The number of ether oxygens (including phenoxy) is 1. The first kappa shape index (κ1) is 15.1. The molecule has 0 spiro atoms. The summed E-state index contributed by atoms with van der Waals surface area (Å²) in [5.41, 5.74) is 0.239. The molecular formula is C16H15F2NO2. The fourth-order valence-electron chi connectivity index (χ4n) is 1.83. The van der Waals surface area contributed by atoms with E-state index in [2.05, 4.69) is 4.98 Å². The second-order valence-corrected chi connectivity index (χ2v) is 4.67. The molecule has 3 nitrogen and oxygen atoms in total. The lowest BCUT2D eigenvalue weighted by molar-refractivity contribution is 0.103. The predicted molar refractivity (Wildman–Crippen MR) is 74.6 cm³/mol. The molecule has 0 bridgehead atoms. The molecule has 0 unspecified atom stereocenters. The van der Waals surface area contributed by atoms with Gasteiger partial charge < -0.3 is 4.74 Å². The van der Waals surface area contributed by atoms with Crippen molar-refractivity contribution < 1.29 is 18.3 Å². The molecule has 5 heteroatoms. The number of ketones is 1. The number of halogens is 2. The van der Waals surface area contributed by atoms with Crippen molar-refractivity contribution in [2.75, 3.05) is 6.61 Å². The first-order valence-electron chi connectivity index (χ1n) is 6.61. The fourth-order valence-corrected chi connectivity index (χ4v) is 1.83. The van der Waals surface area contributed by atoms with Crippen molar-refractivity contribution in [3.8, 4) is 5.75 Å². The van der Waals surface area contributed by atoms with E-state index >= 15 is 0 Å². The Morgan fingerprint density at radius 3 is 2.67 bits per heavy atom. The van der Waals surface area contributed by atoms with Gasteiger partial charge in [0.25, 0.3) is 0 Å². The van der Waals surface area contributed by atoms with Crippen LogP contribution in [0.2, 0.25) is 0 Å². The fraction of sp³-hybridized carbons (Fsp3) is 0.250. The minimum atomic E-state index is -0.886. The normalized spacial score (nSPS) is 10.5. The third-order valence-corrected chi connectivity index (χ3v) is 2.94. The minimum absolute atomic E-state index is 0.177. The number of hydrogen-bond acceptors (Lipinski definition) is 3. The molecule has 110 valence electrons. The van der Waals surface area contributed by atoms with Gasteiger partial charge in [-0.1, -0.05) is 6.92 Å². The maximum absolute atomic E-state index is 13.8. The molecule has 0 radical (unpaired) electrons. The van der Waals surface area contributed by atoms with E-state index in [1.807, 2.05) is 6.92 Å². The van der Waals surface area contributed by atoms with Gasteiger partial charge in [-0.15, -0.1) is 0 Å². The average molecular weight is 291 g/mol. The van der Waals surface area contributed by atoms with Crippen LogP contribution in [-0.4, -0.2) is 17.4 Å². The van der Waals surface area contributed by atoms with Crippen molar-refractivity contribution in [1.82, 2.24) is 4.98 Å². The zero-order valence-electron chi connectivity index (χ0n) is 11.8. The Kier molecular flexibility index (Phi) is 4.62. The number of carbonyl (C=O) groups excluding carboxylic acids is 1. The summed E-state index contributed by atoms with van der Waals surface area (Å²) >= 11 is 0. The van der Waals surface area contributed by atoms with E-state index in [-0.39, 0.29) is 16.7 Å². The molecule has 0 amide bonds. The molecule has 0 fully saturated rings. The number of nitrogens with zero attached hydrogens (tertiary/aromatic N) is 1. The summed E-state index contributed by atoms with van der Waals surface area (Å²) in [4.78, 5) is 16.2. The van der Waals surface area contributed by atoms with E-state index in [0.29, 0.717) is 18.4 Å². The number of rotatable bonds is 5. The van der Waals surface area contributed by atoms with E-state index in [9.17, 15) is 13.6 Å². The molecule has 0 saturated carbocycles. The van der Waals surface area contributed by atoms with Crippen LogP contribution < -0.4 is 4.74 Å². The smallest absolute Gasteiger partial charge is 0.197 e. The zero-order valence-corrected chi connectivity index (χ0v) is 11.8. The van der Waals surface area contributed by atoms with Crippen LogP contribution in [-0.2, 0) is 0 Å². The summed E-state index contributed by atoms with van der Waals surface area (Å²) < 4.78 is 32.4. The van der Waals surface area contributed by atoms with Gasteiger partial charge in [-0.2, -0.15) is 0 Å². The second-order valence-electron chi connectivity index (χ2n) is 4.67. The Morgan fingerprint density at radius 2 is 1.95 bits per heavy atom. The maximum atomic E-state index is 13.8. The highest BCUT2D eigenvalue weighted by atomic mass is 19.1. The molecule has 0 saturated heterocycles. The molecule has 1 aromatic carbocycles. The van der Waals surface area contributed by atoms with Crippen LogP contribution in [0, 0.1) is 18.6 Å². The first-order valence-corrected chi connectivity index (χ1v) is 6.61. The van der Waals surface area contributed by atoms with Crippen molar-refractivity contribution in [3.05, 3.63) is 58.9 Å². The lowest BCUT2D eigenvalue weighted by atomic mass is 10.0. The Bertz CT molecular complexity index is 671. The monoisotopic (exact) mass is 291 g/mol. The number of pyridine rings is 1. The van der Waals surface area contributed by atoms with Gasteiger partial charge >= 0.3 is 0 Å². The number of aryl methyl sites for hydroxylation is 1. The summed E-state index contributed by atoms with van der Waals surface area (Å²) in [5, 5.41) is 0. The summed E-state index contributed by atoms with van der Waals surface area (Å²) in [6, 6.07) is 3.42. The van der Waals surface area contributed by atoms with Gasteiger partial charge in [0.05, 0.1) is 18.4 Å². The Morgan fingerprint density at radius 1 is 1.19 bits per heavy atom. The van der Waals surface area contributed by atoms with E-state index in [1.165, 1.54) is 31.5 Å². The molecule has 0 aliphatic carbocycles. The minimum Gasteiger partial charge on any atom is -0.492 e. The van der Waals surface area contributed by atoms with Crippen LogP contribution in [0.5, 0.6) is 5.75 Å². The zero-order chi connectivity index (χ0) is 15.4. The van der Waals surface area contributed by atoms with Gasteiger partial charge in [-0.05, 0) is 31.0 Å². The molecule has 2 rings (SSSR count). The van der Waals surface area contributed by atoms with Gasteiger partial charge in [0, 0.05) is 17.8 Å². The van der Waals surface area contributed by atoms with E-state index in [1.54, 1.807) is 0 Å². The third kappa shape index (κ3) is 3.42. The second kappa shape index (κ2) is 6.43. The SMILES string of the molecule is CCCOc1cncc(C(=O)c2cc(C)c(F)cc2F)c1. The summed E-state index contributed by atoms with van der Waals surface area (Å²) in [7, 11) is 0. The molecule has 1 aromatic heterocycles. The van der Waals surface area contributed by atoms with E-state index < -0.39 is 17.4 Å². The number of hydrogen-bond donors (Lipinski definition) is 0. The summed E-state index contributed by atoms with van der Waals surface area (Å²) in [6.45, 7) is 3.94. The molecule has 2 aromatic rings. The quantitative estimate of drug-likeness (QED) is 0.789. The van der Waals surface area contributed by atoms with Crippen molar-refractivity contribution in [2.45, 2.75) is 20.3 Å². The molecule has 0 N–H and O–H groups in total. The van der Waals surface area contributed by atoms with E-state index in [0.717, 1.165) is 6.42 Å². The molecule has 21 heavy (non-hydrogen) atoms. The van der Waals surface area contributed by atoms with Crippen LogP contribution in [0.25, 0.3) is 0 Å². The molecule has 0 atom stereocenters. The lowest BCUT2D eigenvalue weighted by Gasteiger charge is -2.07. The highest BCUT2D eigenvalue weighted by Gasteiger charge is 2.17. The summed E-state index contributed by atoms with van der Waals surface area (Å²) in [5.74, 6) is -1.67.